The van der Waals surface area contributed by atoms with Gasteiger partial charge in [-0.1, -0.05) is 18.2 Å². The van der Waals surface area contributed by atoms with E-state index >= 15 is 0 Å². The summed E-state index contributed by atoms with van der Waals surface area (Å²) < 4.78 is 0. The predicted molar refractivity (Wildman–Crippen MR) is 105 cm³/mol. The average Bonchev–Trinajstić information content (AvgIpc) is 3.39. The second kappa shape index (κ2) is 7.32. The molecule has 1 atom stereocenters. The van der Waals surface area contributed by atoms with Crippen molar-refractivity contribution in [2.45, 2.75) is 31.7 Å². The Kier molecular flexibility index (Phi) is 4.83. The van der Waals surface area contributed by atoms with Crippen LogP contribution in [-0.2, 0) is 28.0 Å². The average molecular weight is 397 g/mol. The number of aliphatic carboxylic acids is 1. The Morgan fingerprint density at radius 1 is 1.28 bits per heavy atom. The largest absolute Gasteiger partial charge is 0.481 e. The predicted octanol–water partition coefficient (Wildman–Crippen LogP) is 0.882. The maximum absolute atomic E-state index is 13.0. The van der Waals surface area contributed by atoms with E-state index in [1.54, 1.807) is 4.90 Å². The van der Waals surface area contributed by atoms with Gasteiger partial charge in [-0.3, -0.25) is 19.5 Å². The van der Waals surface area contributed by atoms with Crippen LogP contribution in [0, 0.1) is 0 Å². The van der Waals surface area contributed by atoms with E-state index in [0.29, 0.717) is 25.2 Å². The lowest BCUT2D eigenvalue weighted by Gasteiger charge is -2.22. The third kappa shape index (κ3) is 3.27. The van der Waals surface area contributed by atoms with Crippen molar-refractivity contribution in [3.05, 3.63) is 46.8 Å². The van der Waals surface area contributed by atoms with E-state index in [1.807, 2.05) is 24.3 Å². The first-order valence-corrected chi connectivity index (χ1v) is 9.59. The van der Waals surface area contributed by atoms with Gasteiger partial charge in [-0.2, -0.15) is 5.10 Å². The standard InChI is InChI=1S/C18H19N5O2.C2H4O2/c24-16(15-11-5-7-19-9-14(11)21-22-15)23-8-6-18(10-23)12-3-1-2-4-13(12)20-17(18)25;1-2(3)4/h1-4,19H,5-10H2,(H,20,25)(H,21,22);1H3,(H,3,4). The summed E-state index contributed by atoms with van der Waals surface area (Å²) >= 11 is 0. The molecule has 2 amide bonds. The maximum atomic E-state index is 13.0. The van der Waals surface area contributed by atoms with Gasteiger partial charge in [0.1, 0.15) is 0 Å². The number of nitrogens with one attached hydrogen (secondary N) is 3. The molecule has 0 radical (unpaired) electrons. The number of likely N-dealkylation sites (tertiary alicyclic amines) is 1. The third-order valence-electron chi connectivity index (χ3n) is 5.69. The maximum Gasteiger partial charge on any atom is 0.300 e. The van der Waals surface area contributed by atoms with Gasteiger partial charge in [-0.25, -0.2) is 0 Å². The molecule has 152 valence electrons. The number of benzene rings is 1. The minimum Gasteiger partial charge on any atom is -0.481 e. The van der Waals surface area contributed by atoms with Crippen LogP contribution in [0.25, 0.3) is 0 Å². The highest BCUT2D eigenvalue weighted by Gasteiger charge is 2.52. The lowest BCUT2D eigenvalue weighted by molar-refractivity contribution is -0.134. The van der Waals surface area contributed by atoms with Gasteiger partial charge in [0, 0.05) is 37.8 Å². The first-order valence-electron chi connectivity index (χ1n) is 9.59. The Morgan fingerprint density at radius 2 is 2.03 bits per heavy atom. The molecule has 3 aliphatic heterocycles. The molecule has 1 saturated heterocycles. The Balaban J connectivity index is 0.000000472. The smallest absolute Gasteiger partial charge is 0.300 e. The second-order valence-corrected chi connectivity index (χ2v) is 7.53. The van der Waals surface area contributed by atoms with Crippen LogP contribution >= 0.6 is 0 Å². The van der Waals surface area contributed by atoms with Crippen molar-refractivity contribution >= 4 is 23.5 Å². The van der Waals surface area contributed by atoms with E-state index in [2.05, 4.69) is 20.8 Å². The molecular formula is C20H23N5O4. The van der Waals surface area contributed by atoms with Gasteiger partial charge in [-0.15, -0.1) is 0 Å². The van der Waals surface area contributed by atoms with Gasteiger partial charge in [-0.05, 0) is 31.0 Å². The summed E-state index contributed by atoms with van der Waals surface area (Å²) in [6, 6.07) is 7.77. The molecule has 1 aromatic carbocycles. The van der Waals surface area contributed by atoms with Crippen molar-refractivity contribution in [3.63, 3.8) is 0 Å². The monoisotopic (exact) mass is 397 g/mol. The van der Waals surface area contributed by atoms with E-state index < -0.39 is 11.4 Å². The molecule has 1 fully saturated rings. The van der Waals surface area contributed by atoms with E-state index in [0.717, 1.165) is 48.9 Å². The van der Waals surface area contributed by atoms with Crippen molar-refractivity contribution in [2.75, 3.05) is 25.0 Å². The number of carboxylic acid groups (broad SMARTS) is 1. The van der Waals surface area contributed by atoms with Gasteiger partial charge in [0.05, 0.1) is 11.1 Å². The lowest BCUT2D eigenvalue weighted by atomic mass is 9.81. The number of carbonyl (C=O) groups is 3. The minimum absolute atomic E-state index is 0.00254. The third-order valence-corrected chi connectivity index (χ3v) is 5.69. The van der Waals surface area contributed by atoms with Crippen LogP contribution in [0.2, 0.25) is 0 Å². The number of anilines is 1. The number of nitrogens with zero attached hydrogens (tertiary/aromatic N) is 2. The molecule has 4 N–H and O–H groups in total. The molecule has 3 aliphatic rings. The Hall–Kier alpha value is -3.20. The zero-order valence-electron chi connectivity index (χ0n) is 16.1. The minimum atomic E-state index is -0.833. The van der Waals surface area contributed by atoms with Crippen LogP contribution in [0.15, 0.2) is 24.3 Å². The zero-order valence-corrected chi connectivity index (χ0v) is 16.1. The van der Waals surface area contributed by atoms with Gasteiger partial charge in [0.25, 0.3) is 11.9 Å². The van der Waals surface area contributed by atoms with E-state index in [9.17, 15) is 9.59 Å². The highest BCUT2D eigenvalue weighted by atomic mass is 16.4. The van der Waals surface area contributed by atoms with Crippen molar-refractivity contribution < 1.29 is 19.5 Å². The Morgan fingerprint density at radius 3 is 2.83 bits per heavy atom. The first-order chi connectivity index (χ1) is 13.9. The highest BCUT2D eigenvalue weighted by Crippen LogP contribution is 2.44. The molecule has 9 nitrogen and oxygen atoms in total. The van der Waals surface area contributed by atoms with Crippen LogP contribution in [-0.4, -0.2) is 57.6 Å². The van der Waals surface area contributed by atoms with Crippen LogP contribution < -0.4 is 10.6 Å². The summed E-state index contributed by atoms with van der Waals surface area (Å²) in [4.78, 5) is 36.5. The molecule has 9 heteroatoms. The van der Waals surface area contributed by atoms with E-state index in [4.69, 9.17) is 9.90 Å². The van der Waals surface area contributed by atoms with Crippen molar-refractivity contribution in [2.24, 2.45) is 0 Å². The molecule has 5 rings (SSSR count). The lowest BCUT2D eigenvalue weighted by Crippen LogP contribution is -2.39. The number of aromatic nitrogens is 2. The van der Waals surface area contributed by atoms with Gasteiger partial charge >= 0.3 is 0 Å². The Labute approximate surface area is 167 Å². The number of aromatic amines is 1. The number of hydrogen-bond acceptors (Lipinski definition) is 5. The molecular weight excluding hydrogens is 374 g/mol. The fourth-order valence-corrected chi connectivity index (χ4v) is 4.33. The van der Waals surface area contributed by atoms with Crippen LogP contribution in [0.5, 0.6) is 0 Å². The number of amides is 2. The number of carboxylic acids is 1. The van der Waals surface area contributed by atoms with Crippen molar-refractivity contribution in [1.82, 2.24) is 20.4 Å². The molecule has 4 heterocycles. The van der Waals surface area contributed by atoms with E-state index in [-0.39, 0.29) is 11.8 Å². The molecule has 0 bridgehead atoms. The zero-order chi connectivity index (χ0) is 20.6. The van der Waals surface area contributed by atoms with Gasteiger partial charge < -0.3 is 20.6 Å². The SMILES string of the molecule is CC(=O)O.O=C(c1n[nH]c2c1CCNC2)N1CCC2(C1)C(=O)Nc1ccccc12. The van der Waals surface area contributed by atoms with Gasteiger partial charge in [0.15, 0.2) is 5.69 Å². The summed E-state index contributed by atoms with van der Waals surface area (Å²) in [6.07, 6.45) is 1.45. The molecule has 0 saturated carbocycles. The summed E-state index contributed by atoms with van der Waals surface area (Å²) in [5, 5.41) is 20.9. The fourth-order valence-electron chi connectivity index (χ4n) is 4.33. The summed E-state index contributed by atoms with van der Waals surface area (Å²) in [7, 11) is 0. The molecule has 0 aliphatic carbocycles. The Bertz CT molecular complexity index is 981. The number of H-pyrrole nitrogens is 1. The van der Waals surface area contributed by atoms with Crippen LogP contribution in [0.4, 0.5) is 5.69 Å². The fraction of sp³-hybridized carbons (Fsp3) is 0.400. The van der Waals surface area contributed by atoms with Crippen LogP contribution in [0.3, 0.4) is 0 Å². The number of carbonyl (C=O) groups excluding carboxylic acids is 2. The molecule has 2 aromatic rings. The highest BCUT2D eigenvalue weighted by molar-refractivity contribution is 6.07. The summed E-state index contributed by atoms with van der Waals surface area (Å²) in [5.41, 5.74) is 3.77. The topological polar surface area (TPSA) is 127 Å². The summed E-state index contributed by atoms with van der Waals surface area (Å²) in [6.45, 7) is 3.64. The molecule has 29 heavy (non-hydrogen) atoms. The van der Waals surface area contributed by atoms with E-state index in [1.165, 1.54) is 0 Å². The quantitative estimate of drug-likeness (QED) is 0.566. The van der Waals surface area contributed by atoms with Crippen molar-refractivity contribution in [1.29, 1.82) is 0 Å². The number of hydrogen-bond donors (Lipinski definition) is 4. The summed E-state index contributed by atoms with van der Waals surface area (Å²) in [5.74, 6) is -0.911. The van der Waals surface area contributed by atoms with Gasteiger partial charge in [0.2, 0.25) is 5.91 Å². The molecule has 1 unspecified atom stereocenters. The number of fused-ring (bicyclic) bond motifs is 3. The first kappa shape index (κ1) is 19.1. The molecule has 1 spiro atoms. The molecule has 1 aromatic heterocycles. The number of para-hydroxylation sites is 1. The van der Waals surface area contributed by atoms with Crippen molar-refractivity contribution in [3.8, 4) is 0 Å². The number of rotatable bonds is 1. The second-order valence-electron chi connectivity index (χ2n) is 7.53. The normalized spacial score (nSPS) is 21.8. The van der Waals surface area contributed by atoms with Crippen LogP contribution in [0.1, 0.15) is 40.7 Å².